The summed E-state index contributed by atoms with van der Waals surface area (Å²) in [5.74, 6) is -0.189. The number of anilines is 1. The number of nitrogens with one attached hydrogen (secondary N) is 1. The molecule has 100 valence electrons. The lowest BCUT2D eigenvalue weighted by atomic mass is 10.3. The molecule has 0 aromatic carbocycles. The van der Waals surface area contributed by atoms with E-state index < -0.39 is 0 Å². The second kappa shape index (κ2) is 5.13. The molecule has 2 aromatic rings. The Labute approximate surface area is 115 Å². The lowest BCUT2D eigenvalue weighted by Gasteiger charge is -2.08. The van der Waals surface area contributed by atoms with Gasteiger partial charge < -0.3 is 0 Å². The first-order valence-electron chi connectivity index (χ1n) is 6.51. The van der Waals surface area contributed by atoms with Crippen LogP contribution < -0.4 is 5.32 Å². The van der Waals surface area contributed by atoms with E-state index in [-0.39, 0.29) is 5.91 Å². The van der Waals surface area contributed by atoms with Gasteiger partial charge in [0.1, 0.15) is 0 Å². The number of amides is 1. The summed E-state index contributed by atoms with van der Waals surface area (Å²) in [6, 6.07) is 2.23. The van der Waals surface area contributed by atoms with E-state index in [0.717, 1.165) is 17.7 Å². The fraction of sp³-hybridized carbons (Fsp3) is 0.462. The zero-order chi connectivity index (χ0) is 13.2. The van der Waals surface area contributed by atoms with Crippen LogP contribution in [0, 0.1) is 6.92 Å². The fourth-order valence-corrected chi connectivity index (χ4v) is 3.06. The molecule has 2 heterocycles. The molecule has 1 N–H and O–H groups in total. The molecule has 19 heavy (non-hydrogen) atoms. The SMILES string of the molecule is Cc1cnc(NC(=O)c2ccn(C3CCCC3)n2)s1. The molecule has 0 spiro atoms. The number of aryl methyl sites for hydroxylation is 1. The van der Waals surface area contributed by atoms with Crippen molar-refractivity contribution < 1.29 is 4.79 Å². The Morgan fingerprint density at radius 1 is 1.47 bits per heavy atom. The lowest BCUT2D eigenvalue weighted by Crippen LogP contribution is -2.14. The highest BCUT2D eigenvalue weighted by atomic mass is 32.1. The van der Waals surface area contributed by atoms with Crippen LogP contribution >= 0.6 is 11.3 Å². The van der Waals surface area contributed by atoms with E-state index in [4.69, 9.17) is 0 Å². The van der Waals surface area contributed by atoms with Crippen LogP contribution in [0.15, 0.2) is 18.5 Å². The molecule has 1 amide bonds. The van der Waals surface area contributed by atoms with Gasteiger partial charge in [-0.15, -0.1) is 11.3 Å². The van der Waals surface area contributed by atoms with Gasteiger partial charge in [0.25, 0.3) is 5.91 Å². The van der Waals surface area contributed by atoms with E-state index in [1.807, 2.05) is 17.8 Å². The van der Waals surface area contributed by atoms with Gasteiger partial charge in [0.15, 0.2) is 10.8 Å². The first-order valence-corrected chi connectivity index (χ1v) is 7.33. The molecule has 1 aliphatic rings. The van der Waals surface area contributed by atoms with Gasteiger partial charge in [-0.2, -0.15) is 5.10 Å². The molecule has 1 aliphatic carbocycles. The smallest absolute Gasteiger partial charge is 0.277 e. The maximum atomic E-state index is 12.0. The number of hydrogen-bond donors (Lipinski definition) is 1. The van der Waals surface area contributed by atoms with Crippen LogP contribution in [-0.2, 0) is 0 Å². The van der Waals surface area contributed by atoms with Gasteiger partial charge in [-0.25, -0.2) is 4.98 Å². The molecule has 0 bridgehead atoms. The standard InChI is InChI=1S/C13H16N4OS/c1-9-8-14-13(19-9)15-12(18)11-6-7-17(16-11)10-4-2-3-5-10/h6-8,10H,2-5H2,1H3,(H,14,15,18). The van der Waals surface area contributed by atoms with Crippen LogP contribution in [0.3, 0.4) is 0 Å². The Bertz CT molecular complexity index is 583. The van der Waals surface area contributed by atoms with E-state index in [2.05, 4.69) is 15.4 Å². The summed E-state index contributed by atoms with van der Waals surface area (Å²) in [6.07, 6.45) is 8.48. The van der Waals surface area contributed by atoms with Crippen molar-refractivity contribution in [2.45, 2.75) is 38.6 Å². The maximum Gasteiger partial charge on any atom is 0.277 e. The number of nitrogens with zero attached hydrogens (tertiary/aromatic N) is 3. The summed E-state index contributed by atoms with van der Waals surface area (Å²) in [5.41, 5.74) is 0.458. The van der Waals surface area contributed by atoms with E-state index in [9.17, 15) is 4.79 Å². The molecule has 2 aromatic heterocycles. The number of aromatic nitrogens is 3. The van der Waals surface area contributed by atoms with Crippen molar-refractivity contribution in [1.82, 2.24) is 14.8 Å². The molecule has 0 aliphatic heterocycles. The van der Waals surface area contributed by atoms with Gasteiger partial charge >= 0.3 is 0 Å². The Balaban J connectivity index is 1.69. The van der Waals surface area contributed by atoms with Crippen molar-refractivity contribution in [3.63, 3.8) is 0 Å². The largest absolute Gasteiger partial charge is 0.296 e. The number of thiazole rings is 1. The highest BCUT2D eigenvalue weighted by molar-refractivity contribution is 7.15. The topological polar surface area (TPSA) is 59.8 Å². The number of carbonyl (C=O) groups excluding carboxylic acids is 1. The zero-order valence-electron chi connectivity index (χ0n) is 10.8. The minimum atomic E-state index is -0.189. The van der Waals surface area contributed by atoms with Crippen LogP contribution in [0.5, 0.6) is 0 Å². The number of rotatable bonds is 3. The van der Waals surface area contributed by atoms with Crippen molar-refractivity contribution in [2.24, 2.45) is 0 Å². The minimum absolute atomic E-state index is 0.189. The Morgan fingerprint density at radius 3 is 2.95 bits per heavy atom. The minimum Gasteiger partial charge on any atom is -0.296 e. The zero-order valence-corrected chi connectivity index (χ0v) is 11.6. The van der Waals surface area contributed by atoms with Crippen molar-refractivity contribution in [1.29, 1.82) is 0 Å². The Kier molecular flexibility index (Phi) is 3.33. The van der Waals surface area contributed by atoms with E-state index >= 15 is 0 Å². The lowest BCUT2D eigenvalue weighted by molar-refractivity contribution is 0.102. The monoisotopic (exact) mass is 276 g/mol. The molecule has 3 rings (SSSR count). The summed E-state index contributed by atoms with van der Waals surface area (Å²) in [7, 11) is 0. The van der Waals surface area contributed by atoms with Crippen molar-refractivity contribution in [2.75, 3.05) is 5.32 Å². The summed E-state index contributed by atoms with van der Waals surface area (Å²) >= 11 is 1.47. The summed E-state index contributed by atoms with van der Waals surface area (Å²) in [6.45, 7) is 1.96. The highest BCUT2D eigenvalue weighted by Crippen LogP contribution is 2.28. The van der Waals surface area contributed by atoms with Gasteiger partial charge in [0.05, 0.1) is 6.04 Å². The summed E-state index contributed by atoms with van der Waals surface area (Å²) in [4.78, 5) is 17.2. The quantitative estimate of drug-likeness (QED) is 0.937. The molecule has 0 radical (unpaired) electrons. The van der Waals surface area contributed by atoms with Crippen molar-refractivity contribution in [3.05, 3.63) is 29.0 Å². The molecule has 6 heteroatoms. The third-order valence-corrected chi connectivity index (χ3v) is 4.21. The average Bonchev–Trinajstić information content (AvgIpc) is 3.08. The summed E-state index contributed by atoms with van der Waals surface area (Å²) < 4.78 is 1.93. The molecule has 1 saturated carbocycles. The van der Waals surface area contributed by atoms with Crippen LogP contribution in [0.2, 0.25) is 0 Å². The third kappa shape index (κ3) is 2.68. The van der Waals surface area contributed by atoms with E-state index in [1.165, 1.54) is 24.2 Å². The molecule has 1 fully saturated rings. The van der Waals surface area contributed by atoms with Crippen LogP contribution in [0.1, 0.15) is 47.1 Å². The summed E-state index contributed by atoms with van der Waals surface area (Å²) in [5, 5.41) is 7.78. The number of hydrogen-bond acceptors (Lipinski definition) is 4. The van der Waals surface area contributed by atoms with Crippen molar-refractivity contribution in [3.8, 4) is 0 Å². The third-order valence-electron chi connectivity index (χ3n) is 3.38. The second-order valence-corrected chi connectivity index (χ2v) is 6.08. The number of carbonyl (C=O) groups is 1. The second-order valence-electron chi connectivity index (χ2n) is 4.85. The van der Waals surface area contributed by atoms with Crippen LogP contribution in [0.4, 0.5) is 5.13 Å². The van der Waals surface area contributed by atoms with E-state index in [1.54, 1.807) is 12.3 Å². The first kappa shape index (κ1) is 12.3. The molecule has 5 nitrogen and oxygen atoms in total. The average molecular weight is 276 g/mol. The maximum absolute atomic E-state index is 12.0. The molecular weight excluding hydrogens is 260 g/mol. The van der Waals surface area contributed by atoms with Gasteiger partial charge in [0.2, 0.25) is 0 Å². The predicted molar refractivity (Wildman–Crippen MR) is 74.5 cm³/mol. The highest BCUT2D eigenvalue weighted by Gasteiger charge is 2.19. The van der Waals surface area contributed by atoms with Crippen LogP contribution in [-0.4, -0.2) is 20.7 Å². The molecular formula is C13H16N4OS. The Morgan fingerprint density at radius 2 is 2.26 bits per heavy atom. The molecule has 0 saturated heterocycles. The predicted octanol–water partition coefficient (Wildman–Crippen LogP) is 3.02. The van der Waals surface area contributed by atoms with E-state index in [0.29, 0.717) is 16.9 Å². The molecule has 0 atom stereocenters. The van der Waals surface area contributed by atoms with Gasteiger partial charge in [-0.1, -0.05) is 12.8 Å². The van der Waals surface area contributed by atoms with Crippen molar-refractivity contribution >= 4 is 22.4 Å². The van der Waals surface area contributed by atoms with Gasteiger partial charge in [-0.3, -0.25) is 14.8 Å². The Hall–Kier alpha value is -1.69. The van der Waals surface area contributed by atoms with Gasteiger partial charge in [-0.05, 0) is 25.8 Å². The van der Waals surface area contributed by atoms with Crippen LogP contribution in [0.25, 0.3) is 0 Å². The van der Waals surface area contributed by atoms with Gasteiger partial charge in [0, 0.05) is 17.3 Å². The normalized spacial score (nSPS) is 15.8. The fourth-order valence-electron chi connectivity index (χ4n) is 2.40. The molecule has 0 unspecified atom stereocenters. The first-order chi connectivity index (χ1) is 9.22.